The topological polar surface area (TPSA) is 69.2 Å². The largest absolute Gasteiger partial charge is 0.490 e. The third-order valence-corrected chi connectivity index (χ3v) is 3.60. The van der Waals surface area contributed by atoms with Crippen LogP contribution in [0.4, 0.5) is 0 Å². The van der Waals surface area contributed by atoms with Gasteiger partial charge in [-0.05, 0) is 38.5 Å². The van der Waals surface area contributed by atoms with Crippen molar-refractivity contribution < 1.29 is 19.0 Å². The molecule has 0 saturated carbocycles. The van der Waals surface area contributed by atoms with Crippen LogP contribution in [0.25, 0.3) is 0 Å². The molecule has 0 aliphatic heterocycles. The molecule has 0 saturated heterocycles. The molecule has 27 heavy (non-hydrogen) atoms. The number of carbonyl (C=O) groups is 1. The van der Waals surface area contributed by atoms with Crippen molar-refractivity contribution in [3.05, 3.63) is 53.6 Å². The van der Waals surface area contributed by atoms with Gasteiger partial charge in [-0.2, -0.15) is 5.10 Å². The van der Waals surface area contributed by atoms with Gasteiger partial charge in [0.05, 0.1) is 19.8 Å². The first kappa shape index (κ1) is 20.3. The average molecular weight is 370 g/mol. The molecule has 0 fully saturated rings. The third-order valence-electron chi connectivity index (χ3n) is 3.60. The number of hydrogen-bond donors (Lipinski definition) is 1. The molecule has 6 nitrogen and oxygen atoms in total. The summed E-state index contributed by atoms with van der Waals surface area (Å²) in [4.78, 5) is 12.5. The molecule has 1 amide bonds. The fraction of sp³-hybridized carbons (Fsp3) is 0.333. The van der Waals surface area contributed by atoms with Crippen molar-refractivity contribution in [1.82, 2.24) is 5.43 Å². The molecule has 0 bridgehead atoms. The summed E-state index contributed by atoms with van der Waals surface area (Å²) in [6.07, 6.45) is 2.30. The molecule has 6 heteroatoms. The van der Waals surface area contributed by atoms with Gasteiger partial charge in [-0.1, -0.05) is 30.3 Å². The molecule has 2 aromatic rings. The van der Waals surface area contributed by atoms with Crippen molar-refractivity contribution in [2.75, 3.05) is 19.8 Å². The molecule has 0 atom stereocenters. The standard InChI is InChI=1S/C21H26N2O4/c1-4-25-18-14-17(15-19(26-5-2)20(18)27-6-3)21(24)23-22-13-12-16-10-8-7-9-11-16/h7-11,13-15H,4-6,12H2,1-3H3,(H,23,24)/b22-13+. The summed E-state index contributed by atoms with van der Waals surface area (Å²) in [5.74, 6) is 1.11. The molecule has 0 aliphatic rings. The highest BCUT2D eigenvalue weighted by atomic mass is 16.5. The Bertz CT molecular complexity index is 733. The van der Waals surface area contributed by atoms with Crippen molar-refractivity contribution in [2.45, 2.75) is 27.2 Å². The zero-order valence-corrected chi connectivity index (χ0v) is 16.0. The Morgan fingerprint density at radius 3 is 2.11 bits per heavy atom. The lowest BCUT2D eigenvalue weighted by atomic mass is 10.1. The van der Waals surface area contributed by atoms with Crippen LogP contribution in [0.5, 0.6) is 17.2 Å². The predicted octanol–water partition coefficient (Wildman–Crippen LogP) is 3.84. The number of ether oxygens (including phenoxy) is 3. The Morgan fingerprint density at radius 2 is 1.56 bits per heavy atom. The molecule has 144 valence electrons. The van der Waals surface area contributed by atoms with Crippen molar-refractivity contribution in [1.29, 1.82) is 0 Å². The van der Waals surface area contributed by atoms with Gasteiger partial charge in [0.1, 0.15) is 0 Å². The normalized spacial score (nSPS) is 10.6. The van der Waals surface area contributed by atoms with Crippen molar-refractivity contribution >= 4 is 12.1 Å². The molecule has 2 aromatic carbocycles. The zero-order valence-electron chi connectivity index (χ0n) is 16.0. The summed E-state index contributed by atoms with van der Waals surface area (Å²) in [7, 11) is 0. The van der Waals surface area contributed by atoms with Gasteiger partial charge in [-0.25, -0.2) is 5.43 Å². The van der Waals surface area contributed by atoms with Crippen LogP contribution >= 0.6 is 0 Å². The maximum atomic E-state index is 12.5. The molecular weight excluding hydrogens is 344 g/mol. The van der Waals surface area contributed by atoms with Crippen LogP contribution in [0, 0.1) is 0 Å². The highest BCUT2D eigenvalue weighted by Crippen LogP contribution is 2.39. The molecular formula is C21H26N2O4. The fourth-order valence-corrected chi connectivity index (χ4v) is 2.45. The number of carbonyl (C=O) groups excluding carboxylic acids is 1. The van der Waals surface area contributed by atoms with E-state index in [2.05, 4.69) is 10.5 Å². The van der Waals surface area contributed by atoms with Crippen molar-refractivity contribution in [3.8, 4) is 17.2 Å². The molecule has 0 spiro atoms. The Labute approximate surface area is 160 Å². The SMILES string of the molecule is CCOc1cc(C(=O)N/N=C/Cc2ccccc2)cc(OCC)c1OCC. The van der Waals surface area contributed by atoms with E-state index in [4.69, 9.17) is 14.2 Å². The number of hydrogen-bond acceptors (Lipinski definition) is 5. The van der Waals surface area contributed by atoms with E-state index in [0.29, 0.717) is 49.1 Å². The van der Waals surface area contributed by atoms with E-state index in [-0.39, 0.29) is 5.91 Å². The van der Waals surface area contributed by atoms with E-state index in [1.807, 2.05) is 51.1 Å². The lowest BCUT2D eigenvalue weighted by Crippen LogP contribution is -2.18. The molecule has 0 heterocycles. The van der Waals surface area contributed by atoms with Gasteiger partial charge in [0.25, 0.3) is 5.91 Å². The van der Waals surface area contributed by atoms with Crippen LogP contribution in [-0.4, -0.2) is 31.9 Å². The molecule has 0 aliphatic carbocycles. The lowest BCUT2D eigenvalue weighted by Gasteiger charge is -2.16. The van der Waals surface area contributed by atoms with Crippen molar-refractivity contribution in [3.63, 3.8) is 0 Å². The highest BCUT2D eigenvalue weighted by molar-refractivity contribution is 5.95. The monoisotopic (exact) mass is 370 g/mol. The third kappa shape index (κ3) is 6.02. The van der Waals surface area contributed by atoms with Crippen LogP contribution in [0.2, 0.25) is 0 Å². The van der Waals surface area contributed by atoms with E-state index in [1.54, 1.807) is 18.3 Å². The molecule has 0 radical (unpaired) electrons. The van der Waals surface area contributed by atoms with Gasteiger partial charge in [0.2, 0.25) is 5.75 Å². The van der Waals surface area contributed by atoms with Gasteiger partial charge < -0.3 is 14.2 Å². The Kier molecular flexibility index (Phi) is 8.16. The first-order valence-electron chi connectivity index (χ1n) is 9.11. The summed E-state index contributed by atoms with van der Waals surface area (Å²) >= 11 is 0. The average Bonchev–Trinajstić information content (AvgIpc) is 2.68. The number of nitrogens with zero attached hydrogens (tertiary/aromatic N) is 1. The molecule has 2 rings (SSSR count). The Balaban J connectivity index is 2.14. The van der Waals surface area contributed by atoms with E-state index in [9.17, 15) is 4.79 Å². The highest BCUT2D eigenvalue weighted by Gasteiger charge is 2.18. The van der Waals surface area contributed by atoms with Crippen LogP contribution in [-0.2, 0) is 6.42 Å². The first-order valence-corrected chi connectivity index (χ1v) is 9.11. The number of nitrogens with one attached hydrogen (secondary N) is 1. The summed E-state index contributed by atoms with van der Waals surface area (Å²) in [5, 5.41) is 4.02. The molecule has 0 aromatic heterocycles. The van der Waals surface area contributed by atoms with Gasteiger partial charge in [-0.3, -0.25) is 4.79 Å². The molecule has 1 N–H and O–H groups in total. The fourth-order valence-electron chi connectivity index (χ4n) is 2.45. The van der Waals surface area contributed by atoms with E-state index in [0.717, 1.165) is 5.56 Å². The Morgan fingerprint density at radius 1 is 0.963 bits per heavy atom. The van der Waals surface area contributed by atoms with E-state index < -0.39 is 0 Å². The minimum absolute atomic E-state index is 0.343. The smallest absolute Gasteiger partial charge is 0.271 e. The van der Waals surface area contributed by atoms with Crippen LogP contribution in [0.15, 0.2) is 47.6 Å². The summed E-state index contributed by atoms with van der Waals surface area (Å²) in [6, 6.07) is 13.2. The number of rotatable bonds is 10. The number of hydrazone groups is 1. The van der Waals surface area contributed by atoms with E-state index >= 15 is 0 Å². The second-order valence-electron chi connectivity index (χ2n) is 5.54. The second kappa shape index (κ2) is 10.9. The minimum Gasteiger partial charge on any atom is -0.490 e. The van der Waals surface area contributed by atoms with Crippen molar-refractivity contribution in [2.24, 2.45) is 5.10 Å². The van der Waals surface area contributed by atoms with Crippen LogP contribution < -0.4 is 19.6 Å². The van der Waals surface area contributed by atoms with Crippen LogP contribution in [0.1, 0.15) is 36.7 Å². The lowest BCUT2D eigenvalue weighted by molar-refractivity contribution is 0.0954. The van der Waals surface area contributed by atoms with E-state index in [1.165, 1.54) is 0 Å². The molecule has 0 unspecified atom stereocenters. The van der Waals surface area contributed by atoms with Gasteiger partial charge in [0.15, 0.2) is 11.5 Å². The quantitative estimate of drug-likeness (QED) is 0.510. The zero-order chi connectivity index (χ0) is 19.5. The summed E-state index contributed by atoms with van der Waals surface area (Å²) in [5.41, 5.74) is 4.05. The summed E-state index contributed by atoms with van der Waals surface area (Å²) < 4.78 is 16.9. The van der Waals surface area contributed by atoms with Crippen LogP contribution in [0.3, 0.4) is 0 Å². The number of benzene rings is 2. The first-order chi connectivity index (χ1) is 13.2. The summed E-state index contributed by atoms with van der Waals surface area (Å²) in [6.45, 7) is 6.99. The second-order valence-corrected chi connectivity index (χ2v) is 5.54. The van der Waals surface area contributed by atoms with Gasteiger partial charge in [0, 0.05) is 18.2 Å². The maximum absolute atomic E-state index is 12.5. The van der Waals surface area contributed by atoms with Gasteiger partial charge in [-0.15, -0.1) is 0 Å². The Hall–Kier alpha value is -3.02. The number of amides is 1. The predicted molar refractivity (Wildman–Crippen MR) is 106 cm³/mol. The maximum Gasteiger partial charge on any atom is 0.271 e. The van der Waals surface area contributed by atoms with Gasteiger partial charge >= 0.3 is 0 Å². The minimum atomic E-state index is -0.343.